The Morgan fingerprint density at radius 3 is 3.05 bits per heavy atom. The van der Waals surface area contributed by atoms with Crippen LogP contribution in [0, 0.1) is 11.7 Å². The number of amides is 2. The molecule has 19 heavy (non-hydrogen) atoms. The monoisotopic (exact) mass is 267 g/mol. The zero-order valence-corrected chi connectivity index (χ0v) is 10.8. The molecule has 0 bridgehead atoms. The largest absolute Gasteiger partial charge is 0.393 e. The maximum Gasteiger partial charge on any atom is 0.321 e. The van der Waals surface area contributed by atoms with E-state index in [4.69, 9.17) is 0 Å². The molecule has 0 aromatic carbocycles. The summed E-state index contributed by atoms with van der Waals surface area (Å²) in [5, 5.41) is 12.2. The van der Waals surface area contributed by atoms with Crippen molar-refractivity contribution in [1.82, 2.24) is 9.88 Å². The van der Waals surface area contributed by atoms with Crippen molar-refractivity contribution in [2.45, 2.75) is 25.4 Å². The lowest BCUT2D eigenvalue weighted by Crippen LogP contribution is -2.37. The van der Waals surface area contributed by atoms with Crippen LogP contribution in [0.5, 0.6) is 0 Å². The first-order chi connectivity index (χ1) is 9.08. The highest BCUT2D eigenvalue weighted by molar-refractivity contribution is 5.89. The van der Waals surface area contributed by atoms with Gasteiger partial charge in [0.2, 0.25) is 0 Å². The van der Waals surface area contributed by atoms with Crippen molar-refractivity contribution in [1.29, 1.82) is 0 Å². The average Bonchev–Trinajstić information content (AvgIpc) is 2.78. The van der Waals surface area contributed by atoms with Gasteiger partial charge in [0.25, 0.3) is 0 Å². The molecule has 2 amide bonds. The van der Waals surface area contributed by atoms with Gasteiger partial charge in [-0.25, -0.2) is 9.18 Å². The number of nitrogens with one attached hydrogen (secondary N) is 1. The molecule has 1 aliphatic rings. The van der Waals surface area contributed by atoms with Crippen LogP contribution in [0.1, 0.15) is 19.3 Å². The summed E-state index contributed by atoms with van der Waals surface area (Å²) in [7, 11) is 1.64. The Balaban J connectivity index is 1.91. The molecule has 5 nitrogen and oxygen atoms in total. The minimum atomic E-state index is -0.565. The number of nitrogens with zero attached hydrogens (tertiary/aromatic N) is 2. The molecular formula is C13H18FN3O2. The molecule has 1 heterocycles. The number of urea groups is 1. The van der Waals surface area contributed by atoms with E-state index in [-0.39, 0.29) is 23.7 Å². The molecule has 0 spiro atoms. The molecule has 1 aromatic rings. The van der Waals surface area contributed by atoms with Crippen LogP contribution in [0.25, 0.3) is 0 Å². The van der Waals surface area contributed by atoms with Gasteiger partial charge in [-0.15, -0.1) is 0 Å². The summed E-state index contributed by atoms with van der Waals surface area (Å²) in [6.45, 7) is 0.472. The summed E-state index contributed by atoms with van der Waals surface area (Å²) in [5.41, 5.74) is 0.110. The third-order valence-electron chi connectivity index (χ3n) is 3.49. The van der Waals surface area contributed by atoms with E-state index in [9.17, 15) is 14.3 Å². The predicted molar refractivity (Wildman–Crippen MR) is 69.2 cm³/mol. The molecule has 1 aliphatic carbocycles. The molecule has 2 atom stereocenters. The minimum absolute atomic E-state index is 0.109. The van der Waals surface area contributed by atoms with Crippen molar-refractivity contribution in [3.8, 4) is 0 Å². The van der Waals surface area contributed by atoms with Gasteiger partial charge in [-0.1, -0.05) is 6.42 Å². The van der Waals surface area contributed by atoms with E-state index < -0.39 is 5.82 Å². The summed E-state index contributed by atoms with van der Waals surface area (Å²) in [4.78, 5) is 17.0. The van der Waals surface area contributed by atoms with Crippen LogP contribution in [0.2, 0.25) is 0 Å². The van der Waals surface area contributed by atoms with Gasteiger partial charge in [0.1, 0.15) is 0 Å². The Labute approximate surface area is 111 Å². The summed E-state index contributed by atoms with van der Waals surface area (Å²) in [5.74, 6) is -0.455. The molecule has 0 saturated heterocycles. The van der Waals surface area contributed by atoms with Gasteiger partial charge in [-0.3, -0.25) is 4.98 Å². The molecule has 2 rings (SSSR count). The van der Waals surface area contributed by atoms with Crippen molar-refractivity contribution in [2.24, 2.45) is 5.92 Å². The lowest BCUT2D eigenvalue weighted by atomic mass is 10.1. The lowest BCUT2D eigenvalue weighted by molar-refractivity contribution is 0.116. The molecule has 6 heteroatoms. The number of aliphatic hydroxyl groups excluding tert-OH is 1. The fourth-order valence-corrected chi connectivity index (χ4v) is 2.35. The van der Waals surface area contributed by atoms with Crippen molar-refractivity contribution in [3.63, 3.8) is 0 Å². The second-order valence-corrected chi connectivity index (χ2v) is 4.92. The number of carbonyl (C=O) groups is 1. The van der Waals surface area contributed by atoms with Gasteiger partial charge in [0, 0.05) is 25.7 Å². The number of pyridine rings is 1. The smallest absolute Gasteiger partial charge is 0.321 e. The second-order valence-electron chi connectivity index (χ2n) is 4.92. The Bertz CT molecular complexity index is 455. The summed E-state index contributed by atoms with van der Waals surface area (Å²) >= 11 is 0. The summed E-state index contributed by atoms with van der Waals surface area (Å²) in [6.07, 6.45) is 4.82. The number of halogens is 1. The van der Waals surface area contributed by atoms with Gasteiger partial charge < -0.3 is 15.3 Å². The van der Waals surface area contributed by atoms with Gasteiger partial charge in [0.15, 0.2) is 5.82 Å². The van der Waals surface area contributed by atoms with Crippen LogP contribution in [-0.4, -0.2) is 40.7 Å². The van der Waals surface area contributed by atoms with E-state index >= 15 is 0 Å². The third-order valence-corrected chi connectivity index (χ3v) is 3.49. The fourth-order valence-electron chi connectivity index (χ4n) is 2.35. The van der Waals surface area contributed by atoms with E-state index in [1.807, 2.05) is 0 Å². The third kappa shape index (κ3) is 3.41. The molecule has 1 fully saturated rings. The van der Waals surface area contributed by atoms with Crippen molar-refractivity contribution >= 4 is 11.7 Å². The zero-order chi connectivity index (χ0) is 13.8. The molecule has 0 unspecified atom stereocenters. The number of carbonyl (C=O) groups excluding carboxylic acids is 1. The SMILES string of the molecule is CN(C[C@@H]1CCC[C@H]1O)C(=O)Nc1ccncc1F. The Hall–Kier alpha value is -1.69. The highest BCUT2D eigenvalue weighted by Crippen LogP contribution is 2.26. The Morgan fingerprint density at radius 1 is 1.63 bits per heavy atom. The van der Waals surface area contributed by atoms with Gasteiger partial charge in [-0.05, 0) is 18.9 Å². The standard InChI is InChI=1S/C13H18FN3O2/c1-17(8-9-3-2-4-12(9)18)13(19)16-11-5-6-15-7-10(11)14/h5-7,9,12,18H,2-4,8H2,1H3,(H,15,16,19)/t9-,12+/m0/s1. The normalized spacial score (nSPS) is 22.3. The fraction of sp³-hybridized carbons (Fsp3) is 0.538. The predicted octanol–water partition coefficient (Wildman–Crippen LogP) is 1.85. The molecular weight excluding hydrogens is 249 g/mol. The first-order valence-corrected chi connectivity index (χ1v) is 6.37. The second kappa shape index (κ2) is 5.97. The van der Waals surface area contributed by atoms with Gasteiger partial charge >= 0.3 is 6.03 Å². The van der Waals surface area contributed by atoms with Gasteiger partial charge in [0.05, 0.1) is 18.0 Å². The van der Waals surface area contributed by atoms with Crippen molar-refractivity contribution in [3.05, 3.63) is 24.3 Å². The number of aliphatic hydroxyl groups is 1. The van der Waals surface area contributed by atoms with Crippen LogP contribution in [0.4, 0.5) is 14.9 Å². The number of rotatable bonds is 3. The van der Waals surface area contributed by atoms with Gasteiger partial charge in [-0.2, -0.15) is 0 Å². The van der Waals surface area contributed by atoms with Crippen LogP contribution < -0.4 is 5.32 Å². The van der Waals surface area contributed by atoms with Crippen LogP contribution in [0.15, 0.2) is 18.5 Å². The first-order valence-electron chi connectivity index (χ1n) is 6.37. The quantitative estimate of drug-likeness (QED) is 0.878. The number of aromatic nitrogens is 1. The molecule has 0 radical (unpaired) electrons. The molecule has 2 N–H and O–H groups in total. The minimum Gasteiger partial charge on any atom is -0.393 e. The van der Waals surface area contributed by atoms with E-state index in [0.717, 1.165) is 25.5 Å². The number of hydrogen-bond donors (Lipinski definition) is 2. The maximum atomic E-state index is 13.3. The van der Waals surface area contributed by atoms with Crippen LogP contribution in [-0.2, 0) is 0 Å². The molecule has 0 aliphatic heterocycles. The van der Waals surface area contributed by atoms with E-state index in [2.05, 4.69) is 10.3 Å². The highest BCUT2D eigenvalue weighted by Gasteiger charge is 2.27. The molecule has 1 aromatic heterocycles. The lowest BCUT2D eigenvalue weighted by Gasteiger charge is -2.23. The van der Waals surface area contributed by atoms with E-state index in [0.29, 0.717) is 6.54 Å². The topological polar surface area (TPSA) is 65.5 Å². The van der Waals surface area contributed by atoms with E-state index in [1.165, 1.54) is 17.2 Å². The van der Waals surface area contributed by atoms with E-state index in [1.54, 1.807) is 7.05 Å². The van der Waals surface area contributed by atoms with Crippen LogP contribution in [0.3, 0.4) is 0 Å². The number of hydrogen-bond acceptors (Lipinski definition) is 3. The van der Waals surface area contributed by atoms with Crippen molar-refractivity contribution in [2.75, 3.05) is 18.9 Å². The average molecular weight is 267 g/mol. The Kier molecular flexibility index (Phi) is 4.31. The maximum absolute atomic E-state index is 13.3. The highest BCUT2D eigenvalue weighted by atomic mass is 19.1. The Morgan fingerprint density at radius 2 is 2.42 bits per heavy atom. The number of anilines is 1. The van der Waals surface area contributed by atoms with Crippen molar-refractivity contribution < 1.29 is 14.3 Å². The first kappa shape index (κ1) is 13.7. The molecule has 1 saturated carbocycles. The zero-order valence-electron chi connectivity index (χ0n) is 10.8. The summed E-state index contributed by atoms with van der Waals surface area (Å²) < 4.78 is 13.3. The summed E-state index contributed by atoms with van der Waals surface area (Å²) in [6, 6.07) is 1.02. The molecule has 104 valence electrons. The van der Waals surface area contributed by atoms with Crippen LogP contribution >= 0.6 is 0 Å².